The third-order valence-electron chi connectivity index (χ3n) is 13.7. The molecule has 0 rings (SSSR count). The highest BCUT2D eigenvalue weighted by molar-refractivity contribution is 5.71. The van der Waals surface area contributed by atoms with E-state index < -0.39 is 6.10 Å². The maximum absolute atomic E-state index is 12.9. The summed E-state index contributed by atoms with van der Waals surface area (Å²) in [6.07, 6.45) is 90.6. The van der Waals surface area contributed by atoms with Crippen molar-refractivity contribution in [3.63, 3.8) is 0 Å². The zero-order valence-corrected chi connectivity index (χ0v) is 50.9. The number of hydrogen-bond donors (Lipinski definition) is 0. The molecule has 0 radical (unpaired) electrons. The van der Waals surface area contributed by atoms with E-state index in [1.54, 1.807) is 0 Å². The quantitative estimate of drug-likeness (QED) is 0.0261. The molecule has 0 aliphatic heterocycles. The van der Waals surface area contributed by atoms with Gasteiger partial charge < -0.3 is 14.2 Å². The minimum absolute atomic E-state index is 0.103. The van der Waals surface area contributed by atoms with E-state index in [1.165, 1.54) is 128 Å². The van der Waals surface area contributed by atoms with Gasteiger partial charge in [0.15, 0.2) is 6.10 Å². The molecule has 0 aromatic heterocycles. The molecular formula is C72H120O6. The van der Waals surface area contributed by atoms with Gasteiger partial charge in [0.1, 0.15) is 13.2 Å². The van der Waals surface area contributed by atoms with Gasteiger partial charge in [0.05, 0.1) is 0 Å². The molecule has 0 saturated carbocycles. The van der Waals surface area contributed by atoms with Gasteiger partial charge in [0.2, 0.25) is 0 Å². The van der Waals surface area contributed by atoms with Gasteiger partial charge in [0.25, 0.3) is 0 Å². The predicted octanol–water partition coefficient (Wildman–Crippen LogP) is 22.4. The van der Waals surface area contributed by atoms with Gasteiger partial charge in [-0.2, -0.15) is 0 Å². The van der Waals surface area contributed by atoms with E-state index in [2.05, 4.69) is 142 Å². The maximum Gasteiger partial charge on any atom is 0.306 e. The van der Waals surface area contributed by atoms with Crippen LogP contribution >= 0.6 is 0 Å². The SMILES string of the molecule is CC/C=C\C/C=C\C/C=C\C/C=C\C/C=C\C/C=C\CCCCC(=O)OC(COC(=O)CCCCCCC/C=C\C/C=C\CCCCCC)COC(=O)CCCCCCCCCCCCC/C=C\C/C=C\CCCCCCC. The average Bonchev–Trinajstić information content (AvgIpc) is 3.44. The minimum atomic E-state index is -0.813. The van der Waals surface area contributed by atoms with Crippen molar-refractivity contribution in [2.75, 3.05) is 13.2 Å². The van der Waals surface area contributed by atoms with Crippen LogP contribution in [0.2, 0.25) is 0 Å². The molecule has 0 N–H and O–H groups in total. The Kier molecular flexibility index (Phi) is 61.8. The Morgan fingerprint density at radius 2 is 0.500 bits per heavy atom. The van der Waals surface area contributed by atoms with Crippen LogP contribution in [0, 0.1) is 0 Å². The summed E-state index contributed by atoms with van der Waals surface area (Å²) in [6.45, 7) is 6.47. The number of hydrogen-bond acceptors (Lipinski definition) is 6. The number of carbonyl (C=O) groups is 3. The van der Waals surface area contributed by atoms with Gasteiger partial charge in [-0.05, 0) is 135 Å². The first-order chi connectivity index (χ1) is 38.5. The smallest absolute Gasteiger partial charge is 0.306 e. The molecule has 0 aromatic carbocycles. The van der Waals surface area contributed by atoms with Gasteiger partial charge in [0, 0.05) is 19.3 Å². The number of rotatable bonds is 58. The maximum atomic E-state index is 12.9. The van der Waals surface area contributed by atoms with Crippen LogP contribution in [0.3, 0.4) is 0 Å². The lowest BCUT2D eigenvalue weighted by molar-refractivity contribution is -0.167. The second-order valence-electron chi connectivity index (χ2n) is 21.3. The zero-order valence-electron chi connectivity index (χ0n) is 50.9. The predicted molar refractivity (Wildman–Crippen MR) is 339 cm³/mol. The monoisotopic (exact) mass is 1080 g/mol. The third-order valence-corrected chi connectivity index (χ3v) is 13.7. The zero-order chi connectivity index (χ0) is 56.4. The molecule has 1 atom stereocenters. The highest BCUT2D eigenvalue weighted by Crippen LogP contribution is 2.15. The summed E-state index contributed by atoms with van der Waals surface area (Å²) in [4.78, 5) is 38.4. The van der Waals surface area contributed by atoms with Crippen LogP contribution in [0.4, 0.5) is 0 Å². The van der Waals surface area contributed by atoms with Crippen molar-refractivity contribution in [2.45, 2.75) is 303 Å². The number of carbonyl (C=O) groups excluding carboxylic acids is 3. The summed E-state index contributed by atoms with van der Waals surface area (Å²) in [5.74, 6) is -0.958. The molecule has 0 amide bonds. The van der Waals surface area contributed by atoms with Gasteiger partial charge in [-0.15, -0.1) is 0 Å². The number of ether oxygens (including phenoxy) is 3. The highest BCUT2D eigenvalue weighted by Gasteiger charge is 2.19. The first-order valence-electron chi connectivity index (χ1n) is 32.5. The molecule has 78 heavy (non-hydrogen) atoms. The summed E-state index contributed by atoms with van der Waals surface area (Å²) in [5.41, 5.74) is 0. The van der Waals surface area contributed by atoms with Crippen molar-refractivity contribution < 1.29 is 28.6 Å². The summed E-state index contributed by atoms with van der Waals surface area (Å²) in [6, 6.07) is 0. The Labute approximate surface area is 482 Å². The Balaban J connectivity index is 4.47. The lowest BCUT2D eigenvalue weighted by Gasteiger charge is -2.18. The number of esters is 3. The summed E-state index contributed by atoms with van der Waals surface area (Å²) >= 11 is 0. The van der Waals surface area contributed by atoms with E-state index in [4.69, 9.17) is 14.2 Å². The Morgan fingerprint density at radius 1 is 0.269 bits per heavy atom. The van der Waals surface area contributed by atoms with Crippen molar-refractivity contribution in [1.29, 1.82) is 0 Å². The van der Waals surface area contributed by atoms with Crippen LogP contribution in [-0.4, -0.2) is 37.2 Å². The topological polar surface area (TPSA) is 78.9 Å². The molecule has 0 aliphatic rings. The van der Waals surface area contributed by atoms with Crippen molar-refractivity contribution in [2.24, 2.45) is 0 Å². The number of unbranched alkanes of at least 4 members (excludes halogenated alkanes) is 27. The fourth-order valence-corrected chi connectivity index (χ4v) is 8.80. The molecule has 0 aliphatic carbocycles. The molecule has 0 spiro atoms. The fraction of sp³-hybridized carbons (Fsp3) is 0.681. The second kappa shape index (κ2) is 65.3. The normalized spacial score (nSPS) is 12.9. The van der Waals surface area contributed by atoms with Gasteiger partial charge >= 0.3 is 17.9 Å². The third kappa shape index (κ3) is 62.7. The average molecular weight is 1080 g/mol. The van der Waals surface area contributed by atoms with E-state index in [0.717, 1.165) is 122 Å². The Morgan fingerprint density at radius 3 is 0.821 bits per heavy atom. The molecule has 0 saturated heterocycles. The first kappa shape index (κ1) is 73.8. The Hall–Kier alpha value is -4.19. The van der Waals surface area contributed by atoms with E-state index in [0.29, 0.717) is 19.3 Å². The van der Waals surface area contributed by atoms with E-state index in [9.17, 15) is 14.4 Å². The molecule has 1 unspecified atom stereocenters. The lowest BCUT2D eigenvalue weighted by Crippen LogP contribution is -2.30. The van der Waals surface area contributed by atoms with Crippen LogP contribution < -0.4 is 0 Å². The molecule has 6 nitrogen and oxygen atoms in total. The molecular weight excluding hydrogens is 961 g/mol. The van der Waals surface area contributed by atoms with Crippen LogP contribution in [0.5, 0.6) is 0 Å². The first-order valence-corrected chi connectivity index (χ1v) is 32.5. The Bertz CT molecular complexity index is 1620. The van der Waals surface area contributed by atoms with E-state index >= 15 is 0 Å². The standard InChI is InChI=1S/C72H120O6/c1-4-7-10-13-16-19-22-25-28-31-33-35-36-38-39-41-44-47-50-53-56-59-62-65-71(74)77-68-69(67-76-70(73)64-61-58-55-52-49-46-43-30-27-24-21-18-15-12-9-6-3)78-72(75)66-63-60-57-54-51-48-45-42-40-37-34-32-29-26-23-20-17-14-11-8-5-2/h8,11,17,20-22,24-26,29-31,33-34,37,42-43,45,51,54,69H,4-7,9-10,12-16,18-19,23,27-28,32,35-36,38-41,44,46-50,52-53,55-68H2,1-3H3/b11-8-,20-17-,24-21-,25-22-,29-26-,33-31-,37-34-,43-30-,45-42-,54-51-. The fourth-order valence-electron chi connectivity index (χ4n) is 8.80. The summed E-state index contributed by atoms with van der Waals surface area (Å²) in [7, 11) is 0. The van der Waals surface area contributed by atoms with Crippen molar-refractivity contribution in [3.8, 4) is 0 Å². The highest BCUT2D eigenvalue weighted by atomic mass is 16.6. The minimum Gasteiger partial charge on any atom is -0.462 e. The van der Waals surface area contributed by atoms with Crippen molar-refractivity contribution in [3.05, 3.63) is 122 Å². The molecule has 0 bridgehead atoms. The molecule has 0 heterocycles. The van der Waals surface area contributed by atoms with Crippen LogP contribution in [0.1, 0.15) is 297 Å². The second-order valence-corrected chi connectivity index (χ2v) is 21.3. The van der Waals surface area contributed by atoms with Crippen LogP contribution in [-0.2, 0) is 28.6 Å². The van der Waals surface area contributed by atoms with Gasteiger partial charge in [-0.25, -0.2) is 0 Å². The van der Waals surface area contributed by atoms with Crippen LogP contribution in [0.25, 0.3) is 0 Å². The largest absolute Gasteiger partial charge is 0.462 e. The summed E-state index contributed by atoms with van der Waals surface area (Å²) in [5, 5.41) is 0. The van der Waals surface area contributed by atoms with E-state index in [-0.39, 0.29) is 37.5 Å². The van der Waals surface area contributed by atoms with Gasteiger partial charge in [-0.3, -0.25) is 14.4 Å². The molecule has 6 heteroatoms. The molecule has 444 valence electrons. The number of allylic oxidation sites excluding steroid dienone is 20. The molecule has 0 aromatic rings. The van der Waals surface area contributed by atoms with E-state index in [1.807, 2.05) is 0 Å². The lowest BCUT2D eigenvalue weighted by atomic mass is 10.0. The van der Waals surface area contributed by atoms with Crippen molar-refractivity contribution >= 4 is 17.9 Å². The summed E-state index contributed by atoms with van der Waals surface area (Å²) < 4.78 is 16.9. The van der Waals surface area contributed by atoms with Gasteiger partial charge in [-0.1, -0.05) is 264 Å². The van der Waals surface area contributed by atoms with Crippen molar-refractivity contribution in [1.82, 2.24) is 0 Å². The molecule has 0 fully saturated rings. The van der Waals surface area contributed by atoms with Crippen LogP contribution in [0.15, 0.2) is 122 Å².